The number of sulfonamides is 1. The molecule has 0 saturated heterocycles. The molecule has 0 aliphatic heterocycles. The molecule has 134 valence electrons. The molecule has 7 heteroatoms. The predicted molar refractivity (Wildman–Crippen MR) is 95.8 cm³/mol. The summed E-state index contributed by atoms with van der Waals surface area (Å²) in [5.41, 5.74) is 1.64. The van der Waals surface area contributed by atoms with E-state index in [1.165, 1.54) is 26.2 Å². The SMILES string of the molecule is COc1ccc(S(=O)(=O)N[C@@H](C)C(=O)NCc2ccccc2)cc1C. The molecule has 0 bridgehead atoms. The topological polar surface area (TPSA) is 84.5 Å². The van der Waals surface area contributed by atoms with E-state index in [4.69, 9.17) is 4.74 Å². The van der Waals surface area contributed by atoms with Crippen LogP contribution >= 0.6 is 0 Å². The minimum atomic E-state index is -3.80. The van der Waals surface area contributed by atoms with Crippen molar-refractivity contribution >= 4 is 15.9 Å². The maximum Gasteiger partial charge on any atom is 0.241 e. The van der Waals surface area contributed by atoms with Crippen LogP contribution < -0.4 is 14.8 Å². The van der Waals surface area contributed by atoms with E-state index in [9.17, 15) is 13.2 Å². The van der Waals surface area contributed by atoms with Gasteiger partial charge >= 0.3 is 0 Å². The molecule has 2 N–H and O–H groups in total. The van der Waals surface area contributed by atoms with Crippen molar-refractivity contribution in [3.05, 3.63) is 59.7 Å². The Morgan fingerprint density at radius 3 is 2.44 bits per heavy atom. The first-order valence-electron chi connectivity index (χ1n) is 7.82. The Balaban J connectivity index is 2.01. The molecule has 0 saturated carbocycles. The number of hydrogen-bond acceptors (Lipinski definition) is 4. The summed E-state index contributed by atoms with van der Waals surface area (Å²) >= 11 is 0. The molecule has 1 atom stereocenters. The Labute approximate surface area is 148 Å². The van der Waals surface area contributed by atoms with Crippen molar-refractivity contribution in [3.63, 3.8) is 0 Å². The van der Waals surface area contributed by atoms with Crippen LogP contribution in [0.2, 0.25) is 0 Å². The largest absolute Gasteiger partial charge is 0.496 e. The van der Waals surface area contributed by atoms with Crippen molar-refractivity contribution in [2.24, 2.45) is 0 Å². The standard InChI is InChI=1S/C18H22N2O4S/c1-13-11-16(9-10-17(13)24-3)25(22,23)20-14(2)18(21)19-12-15-7-5-4-6-8-15/h4-11,14,20H,12H2,1-3H3,(H,19,21)/t14-/m0/s1. The average Bonchev–Trinajstić information content (AvgIpc) is 2.60. The van der Waals surface area contributed by atoms with E-state index in [0.29, 0.717) is 17.9 Å². The molecule has 0 aromatic heterocycles. The third-order valence-corrected chi connectivity index (χ3v) is 5.25. The number of ether oxygens (including phenoxy) is 1. The number of aryl methyl sites for hydroxylation is 1. The summed E-state index contributed by atoms with van der Waals surface area (Å²) in [6, 6.07) is 13.1. The molecular formula is C18H22N2O4S. The monoisotopic (exact) mass is 362 g/mol. The van der Waals surface area contributed by atoms with E-state index in [1.54, 1.807) is 13.0 Å². The minimum absolute atomic E-state index is 0.0912. The highest BCUT2D eigenvalue weighted by Gasteiger charge is 2.22. The van der Waals surface area contributed by atoms with Crippen LogP contribution in [-0.4, -0.2) is 27.5 Å². The fraction of sp³-hybridized carbons (Fsp3) is 0.278. The van der Waals surface area contributed by atoms with Crippen LogP contribution in [-0.2, 0) is 21.4 Å². The van der Waals surface area contributed by atoms with Crippen molar-refractivity contribution < 1.29 is 17.9 Å². The van der Waals surface area contributed by atoms with E-state index in [0.717, 1.165) is 5.56 Å². The Kier molecular flexibility index (Phi) is 6.17. The van der Waals surface area contributed by atoms with Gasteiger partial charge < -0.3 is 10.1 Å². The van der Waals surface area contributed by atoms with Gasteiger partial charge in [-0.15, -0.1) is 0 Å². The number of rotatable bonds is 7. The van der Waals surface area contributed by atoms with Crippen LogP contribution in [0.3, 0.4) is 0 Å². The Morgan fingerprint density at radius 1 is 1.16 bits per heavy atom. The van der Waals surface area contributed by atoms with Gasteiger partial charge in [0.2, 0.25) is 15.9 Å². The maximum atomic E-state index is 12.4. The number of carbonyl (C=O) groups is 1. The van der Waals surface area contributed by atoms with Crippen LogP contribution in [0, 0.1) is 6.92 Å². The quantitative estimate of drug-likeness (QED) is 0.789. The summed E-state index contributed by atoms with van der Waals surface area (Å²) in [7, 11) is -2.28. The first-order valence-corrected chi connectivity index (χ1v) is 9.30. The highest BCUT2D eigenvalue weighted by Crippen LogP contribution is 2.21. The fourth-order valence-corrected chi connectivity index (χ4v) is 3.60. The molecule has 25 heavy (non-hydrogen) atoms. The van der Waals surface area contributed by atoms with Crippen molar-refractivity contribution in [1.82, 2.24) is 10.0 Å². The molecular weight excluding hydrogens is 340 g/mol. The Bertz CT molecular complexity index is 835. The molecule has 0 radical (unpaired) electrons. The van der Waals surface area contributed by atoms with Gasteiger partial charge in [0, 0.05) is 6.54 Å². The first kappa shape index (κ1) is 19.0. The summed E-state index contributed by atoms with van der Waals surface area (Å²) < 4.78 is 32.4. The molecule has 0 unspecified atom stereocenters. The number of methoxy groups -OCH3 is 1. The molecule has 0 spiro atoms. The first-order chi connectivity index (χ1) is 11.8. The van der Waals surface area contributed by atoms with Crippen LogP contribution in [0.5, 0.6) is 5.75 Å². The Morgan fingerprint density at radius 2 is 1.84 bits per heavy atom. The number of amides is 1. The lowest BCUT2D eigenvalue weighted by Gasteiger charge is -2.15. The predicted octanol–water partition coefficient (Wildman–Crippen LogP) is 1.99. The lowest BCUT2D eigenvalue weighted by atomic mass is 10.2. The van der Waals surface area contributed by atoms with Crippen molar-refractivity contribution in [1.29, 1.82) is 0 Å². The maximum absolute atomic E-state index is 12.4. The fourth-order valence-electron chi connectivity index (χ4n) is 2.31. The van der Waals surface area contributed by atoms with E-state index >= 15 is 0 Å². The molecule has 0 heterocycles. The summed E-state index contributed by atoms with van der Waals surface area (Å²) in [5, 5.41) is 2.72. The zero-order valence-corrected chi connectivity index (χ0v) is 15.3. The van der Waals surface area contributed by atoms with E-state index < -0.39 is 22.0 Å². The third-order valence-electron chi connectivity index (χ3n) is 3.71. The number of carbonyl (C=O) groups excluding carboxylic acids is 1. The molecule has 0 aliphatic carbocycles. The number of nitrogens with one attached hydrogen (secondary N) is 2. The summed E-state index contributed by atoms with van der Waals surface area (Å²) in [6.45, 7) is 3.61. The summed E-state index contributed by atoms with van der Waals surface area (Å²) in [5.74, 6) is 0.213. The smallest absolute Gasteiger partial charge is 0.241 e. The lowest BCUT2D eigenvalue weighted by Crippen LogP contribution is -2.44. The van der Waals surface area contributed by atoms with Gasteiger partial charge in [0.15, 0.2) is 0 Å². The number of benzene rings is 2. The van der Waals surface area contributed by atoms with Gasteiger partial charge in [-0.1, -0.05) is 30.3 Å². The van der Waals surface area contributed by atoms with Crippen molar-refractivity contribution in [3.8, 4) is 5.75 Å². The zero-order valence-electron chi connectivity index (χ0n) is 14.4. The normalized spacial score (nSPS) is 12.4. The van der Waals surface area contributed by atoms with Gasteiger partial charge in [-0.3, -0.25) is 4.79 Å². The third kappa shape index (κ3) is 5.04. The second-order valence-electron chi connectivity index (χ2n) is 5.68. The second kappa shape index (κ2) is 8.13. The molecule has 0 fully saturated rings. The zero-order chi connectivity index (χ0) is 18.4. The molecule has 0 aliphatic rings. The van der Waals surface area contributed by atoms with Gasteiger partial charge in [-0.2, -0.15) is 4.72 Å². The van der Waals surface area contributed by atoms with Crippen LogP contribution in [0.4, 0.5) is 0 Å². The molecule has 2 rings (SSSR count). The van der Waals surface area contributed by atoms with Crippen molar-refractivity contribution in [2.45, 2.75) is 31.3 Å². The van der Waals surface area contributed by atoms with Gasteiger partial charge in [0.05, 0.1) is 18.0 Å². The van der Waals surface area contributed by atoms with E-state index in [2.05, 4.69) is 10.0 Å². The van der Waals surface area contributed by atoms with Gasteiger partial charge in [0.25, 0.3) is 0 Å². The summed E-state index contributed by atoms with van der Waals surface area (Å²) in [4.78, 5) is 12.2. The molecule has 2 aromatic carbocycles. The van der Waals surface area contributed by atoms with Crippen LogP contribution in [0.15, 0.2) is 53.4 Å². The van der Waals surface area contributed by atoms with Gasteiger partial charge in [0.1, 0.15) is 5.75 Å². The molecule has 1 amide bonds. The average molecular weight is 362 g/mol. The highest BCUT2D eigenvalue weighted by molar-refractivity contribution is 7.89. The lowest BCUT2D eigenvalue weighted by molar-refractivity contribution is -0.122. The van der Waals surface area contributed by atoms with Crippen molar-refractivity contribution in [2.75, 3.05) is 7.11 Å². The van der Waals surface area contributed by atoms with E-state index in [1.807, 2.05) is 30.3 Å². The van der Waals surface area contributed by atoms with E-state index in [-0.39, 0.29) is 4.90 Å². The van der Waals surface area contributed by atoms with Crippen LogP contribution in [0.1, 0.15) is 18.1 Å². The second-order valence-corrected chi connectivity index (χ2v) is 7.39. The highest BCUT2D eigenvalue weighted by atomic mass is 32.2. The summed E-state index contributed by atoms with van der Waals surface area (Å²) in [6.07, 6.45) is 0. The Hall–Kier alpha value is -2.38. The van der Waals surface area contributed by atoms with Gasteiger partial charge in [-0.25, -0.2) is 8.42 Å². The van der Waals surface area contributed by atoms with Crippen LogP contribution in [0.25, 0.3) is 0 Å². The molecule has 6 nitrogen and oxygen atoms in total. The van der Waals surface area contributed by atoms with Gasteiger partial charge in [-0.05, 0) is 43.2 Å². The minimum Gasteiger partial charge on any atom is -0.496 e. The number of hydrogen-bond donors (Lipinski definition) is 2. The molecule has 2 aromatic rings.